The molecule has 0 spiro atoms. The van der Waals surface area contributed by atoms with E-state index in [1.54, 1.807) is 0 Å². The third-order valence-electron chi connectivity index (χ3n) is 5.18. The summed E-state index contributed by atoms with van der Waals surface area (Å²) in [6, 6.07) is 0. The van der Waals surface area contributed by atoms with Gasteiger partial charge in [0.25, 0.3) is 0 Å². The summed E-state index contributed by atoms with van der Waals surface area (Å²) in [6.07, 6.45) is 16.9. The van der Waals surface area contributed by atoms with Crippen LogP contribution in [0.25, 0.3) is 0 Å². The first kappa shape index (κ1) is 18.0. The molecule has 0 unspecified atom stereocenters. The zero-order valence-corrected chi connectivity index (χ0v) is 15.8. The SMILES string of the molecule is CCCCCC/C=C(/C[C@@H]1CCCC[C@H]1C)[Si](C)(C)C. The zero-order valence-electron chi connectivity index (χ0n) is 14.8. The van der Waals surface area contributed by atoms with E-state index in [0.29, 0.717) is 0 Å². The van der Waals surface area contributed by atoms with Gasteiger partial charge in [0.1, 0.15) is 0 Å². The minimum Gasteiger partial charge on any atom is -0.0892 e. The van der Waals surface area contributed by atoms with Gasteiger partial charge in [-0.1, -0.05) is 83.3 Å². The normalized spacial score (nSPS) is 24.9. The Morgan fingerprint density at radius 3 is 2.35 bits per heavy atom. The number of unbranched alkanes of at least 4 members (excludes halogenated alkanes) is 4. The molecule has 0 aliphatic heterocycles. The van der Waals surface area contributed by atoms with Crippen molar-refractivity contribution in [2.75, 3.05) is 0 Å². The largest absolute Gasteiger partial charge is 0.0892 e. The van der Waals surface area contributed by atoms with Crippen LogP contribution in [-0.2, 0) is 0 Å². The summed E-state index contributed by atoms with van der Waals surface area (Å²) in [4.78, 5) is 0. The molecule has 1 fully saturated rings. The Kier molecular flexibility index (Phi) is 8.17. The molecule has 0 aromatic heterocycles. The minimum absolute atomic E-state index is 0.962. The molecule has 118 valence electrons. The molecule has 1 aliphatic rings. The van der Waals surface area contributed by atoms with Gasteiger partial charge in [-0.15, -0.1) is 0 Å². The van der Waals surface area contributed by atoms with Crippen molar-refractivity contribution in [3.8, 4) is 0 Å². The molecular formula is C19H38Si. The summed E-state index contributed by atoms with van der Waals surface area (Å²) in [5, 5.41) is 1.87. The van der Waals surface area contributed by atoms with E-state index in [1.807, 2.05) is 5.20 Å². The third-order valence-corrected chi connectivity index (χ3v) is 7.52. The van der Waals surface area contributed by atoms with E-state index in [0.717, 1.165) is 11.8 Å². The molecule has 1 rings (SSSR count). The van der Waals surface area contributed by atoms with Gasteiger partial charge >= 0.3 is 0 Å². The van der Waals surface area contributed by atoms with Gasteiger partial charge in [-0.3, -0.25) is 0 Å². The summed E-state index contributed by atoms with van der Waals surface area (Å²) < 4.78 is 0. The molecule has 1 heteroatoms. The number of hydrogen-bond donors (Lipinski definition) is 0. The highest BCUT2D eigenvalue weighted by Crippen LogP contribution is 2.36. The van der Waals surface area contributed by atoms with E-state index >= 15 is 0 Å². The van der Waals surface area contributed by atoms with Crippen LogP contribution in [0.15, 0.2) is 11.3 Å². The Morgan fingerprint density at radius 1 is 1.05 bits per heavy atom. The highest BCUT2D eigenvalue weighted by Gasteiger charge is 2.27. The van der Waals surface area contributed by atoms with Gasteiger partial charge in [0, 0.05) is 0 Å². The van der Waals surface area contributed by atoms with Gasteiger partial charge in [-0.25, -0.2) is 0 Å². The van der Waals surface area contributed by atoms with E-state index in [1.165, 1.54) is 64.2 Å². The van der Waals surface area contributed by atoms with Gasteiger partial charge in [0.05, 0.1) is 8.07 Å². The van der Waals surface area contributed by atoms with Crippen LogP contribution in [0, 0.1) is 11.8 Å². The van der Waals surface area contributed by atoms with Gasteiger partial charge in [0.2, 0.25) is 0 Å². The van der Waals surface area contributed by atoms with Gasteiger partial charge in [-0.05, 0) is 37.5 Å². The van der Waals surface area contributed by atoms with Crippen LogP contribution in [0.3, 0.4) is 0 Å². The lowest BCUT2D eigenvalue weighted by Crippen LogP contribution is -2.28. The van der Waals surface area contributed by atoms with E-state index in [9.17, 15) is 0 Å². The van der Waals surface area contributed by atoms with Crippen molar-refractivity contribution < 1.29 is 0 Å². The quantitative estimate of drug-likeness (QED) is 0.335. The topological polar surface area (TPSA) is 0 Å². The fourth-order valence-electron chi connectivity index (χ4n) is 3.52. The van der Waals surface area contributed by atoms with Crippen molar-refractivity contribution in [1.29, 1.82) is 0 Å². The summed E-state index contributed by atoms with van der Waals surface area (Å²) in [6.45, 7) is 12.4. The van der Waals surface area contributed by atoms with Gasteiger partial charge in [0.15, 0.2) is 0 Å². The van der Waals surface area contributed by atoms with Crippen molar-refractivity contribution in [1.82, 2.24) is 0 Å². The van der Waals surface area contributed by atoms with Crippen LogP contribution in [0.5, 0.6) is 0 Å². The van der Waals surface area contributed by atoms with Crippen molar-refractivity contribution in [3.05, 3.63) is 11.3 Å². The maximum absolute atomic E-state index is 2.66. The number of allylic oxidation sites excluding steroid dienone is 2. The van der Waals surface area contributed by atoms with Crippen molar-refractivity contribution in [3.63, 3.8) is 0 Å². The molecule has 0 saturated heterocycles. The lowest BCUT2D eigenvalue weighted by Gasteiger charge is -2.33. The molecule has 1 saturated carbocycles. The van der Waals surface area contributed by atoms with Crippen molar-refractivity contribution in [2.24, 2.45) is 11.8 Å². The van der Waals surface area contributed by atoms with Crippen LogP contribution >= 0.6 is 0 Å². The first-order chi connectivity index (χ1) is 9.45. The Hall–Kier alpha value is -0.0431. The molecule has 0 bridgehead atoms. The van der Waals surface area contributed by atoms with Crippen LogP contribution in [-0.4, -0.2) is 8.07 Å². The highest BCUT2D eigenvalue weighted by atomic mass is 28.3. The van der Waals surface area contributed by atoms with E-state index in [4.69, 9.17) is 0 Å². The molecule has 0 aromatic rings. The molecule has 0 radical (unpaired) electrons. The molecule has 2 atom stereocenters. The monoisotopic (exact) mass is 294 g/mol. The fraction of sp³-hybridized carbons (Fsp3) is 0.895. The average Bonchev–Trinajstić information content (AvgIpc) is 2.38. The smallest absolute Gasteiger partial charge is 0.0720 e. The molecule has 0 heterocycles. The summed E-state index contributed by atoms with van der Waals surface area (Å²) in [7, 11) is -1.11. The molecule has 0 aromatic carbocycles. The number of hydrogen-bond acceptors (Lipinski definition) is 0. The Morgan fingerprint density at radius 2 is 1.75 bits per heavy atom. The predicted octanol–water partition coefficient (Wildman–Crippen LogP) is 6.98. The number of rotatable bonds is 8. The highest BCUT2D eigenvalue weighted by molar-refractivity contribution is 6.83. The first-order valence-electron chi connectivity index (χ1n) is 9.14. The Balaban J connectivity index is 2.53. The van der Waals surface area contributed by atoms with E-state index < -0.39 is 8.07 Å². The van der Waals surface area contributed by atoms with Crippen molar-refractivity contribution in [2.45, 2.75) is 97.7 Å². The van der Waals surface area contributed by atoms with Crippen LogP contribution < -0.4 is 0 Å². The van der Waals surface area contributed by atoms with Crippen molar-refractivity contribution >= 4 is 8.07 Å². The second-order valence-electron chi connectivity index (χ2n) is 8.05. The summed E-state index contributed by atoms with van der Waals surface area (Å²) in [5.41, 5.74) is 0. The lowest BCUT2D eigenvalue weighted by molar-refractivity contribution is 0.256. The predicted molar refractivity (Wildman–Crippen MR) is 95.9 cm³/mol. The van der Waals surface area contributed by atoms with Crippen LogP contribution in [0.2, 0.25) is 19.6 Å². The standard InChI is InChI=1S/C19H38Si/c1-6-7-8-9-10-15-19(20(3,4)5)16-18-14-12-11-13-17(18)2/h15,17-18H,6-14,16H2,1-5H3/b19-15-/t17-,18+/m1/s1. The molecule has 0 nitrogen and oxygen atoms in total. The average molecular weight is 295 g/mol. The van der Waals surface area contributed by atoms with E-state index in [-0.39, 0.29) is 0 Å². The second-order valence-corrected chi connectivity index (χ2v) is 13.2. The van der Waals surface area contributed by atoms with E-state index in [2.05, 4.69) is 39.6 Å². The van der Waals surface area contributed by atoms with Crippen LogP contribution in [0.1, 0.15) is 78.1 Å². The minimum atomic E-state index is -1.11. The molecular weight excluding hydrogens is 256 g/mol. The summed E-state index contributed by atoms with van der Waals surface area (Å²) >= 11 is 0. The van der Waals surface area contributed by atoms with Crippen LogP contribution in [0.4, 0.5) is 0 Å². The Bertz CT molecular complexity index is 285. The lowest BCUT2D eigenvalue weighted by atomic mass is 9.78. The van der Waals surface area contributed by atoms with Gasteiger partial charge < -0.3 is 0 Å². The molecule has 20 heavy (non-hydrogen) atoms. The van der Waals surface area contributed by atoms with Gasteiger partial charge in [-0.2, -0.15) is 0 Å². The Labute approximate surface area is 129 Å². The summed E-state index contributed by atoms with van der Waals surface area (Å²) in [5.74, 6) is 1.95. The third kappa shape index (κ3) is 6.61. The second kappa shape index (κ2) is 9.07. The maximum Gasteiger partial charge on any atom is 0.0720 e. The molecule has 0 amide bonds. The molecule has 1 aliphatic carbocycles. The zero-order chi connectivity index (χ0) is 15.0. The molecule has 0 N–H and O–H groups in total. The first-order valence-corrected chi connectivity index (χ1v) is 12.6. The fourth-order valence-corrected chi connectivity index (χ4v) is 5.15. The maximum atomic E-state index is 2.66.